The average Bonchev–Trinajstić information content (AvgIpc) is 3.17. The summed E-state index contributed by atoms with van der Waals surface area (Å²) in [6.45, 7) is 5.41. The van der Waals surface area contributed by atoms with Crippen molar-refractivity contribution in [3.8, 4) is 0 Å². The lowest BCUT2D eigenvalue weighted by Crippen LogP contribution is -2.39. The lowest BCUT2D eigenvalue weighted by atomic mass is 10.1. The van der Waals surface area contributed by atoms with Crippen LogP contribution in [0.2, 0.25) is 0 Å². The van der Waals surface area contributed by atoms with Crippen LogP contribution in [0.15, 0.2) is 29.3 Å². The fraction of sp³-hybridized carbons (Fsp3) is 0.600. The molecule has 0 radical (unpaired) electrons. The standard InChI is InChI=1S/C20H32N4O3/c1-16(25)24-18-8-6-17(7-9-18)10-12-23-20(21-2)22-11-4-13-26-15-19-5-3-14-27-19/h6-9,19H,3-5,10-15H2,1-2H3,(H,24,25)(H2,21,22,23). The maximum atomic E-state index is 11.0. The minimum atomic E-state index is -0.0587. The Morgan fingerprint density at radius 3 is 2.70 bits per heavy atom. The summed E-state index contributed by atoms with van der Waals surface area (Å²) in [5, 5.41) is 9.37. The molecule has 2 rings (SSSR count). The van der Waals surface area contributed by atoms with Crippen molar-refractivity contribution in [2.24, 2.45) is 4.99 Å². The number of hydrogen-bond acceptors (Lipinski definition) is 4. The van der Waals surface area contributed by atoms with Gasteiger partial charge in [-0.05, 0) is 43.4 Å². The molecule has 1 saturated heterocycles. The molecule has 150 valence electrons. The Labute approximate surface area is 161 Å². The first kappa shape index (κ1) is 21.2. The molecule has 27 heavy (non-hydrogen) atoms. The van der Waals surface area contributed by atoms with Gasteiger partial charge in [0, 0.05) is 46.0 Å². The van der Waals surface area contributed by atoms with Crippen LogP contribution in [0.3, 0.4) is 0 Å². The summed E-state index contributed by atoms with van der Waals surface area (Å²) in [5.41, 5.74) is 2.02. The Hall–Kier alpha value is -2.12. The highest BCUT2D eigenvalue weighted by Crippen LogP contribution is 2.12. The van der Waals surface area contributed by atoms with Gasteiger partial charge in [-0.15, -0.1) is 0 Å². The number of hydrogen-bond donors (Lipinski definition) is 3. The number of carbonyl (C=O) groups is 1. The predicted molar refractivity (Wildman–Crippen MR) is 108 cm³/mol. The maximum Gasteiger partial charge on any atom is 0.221 e. The van der Waals surface area contributed by atoms with Crippen LogP contribution in [0.25, 0.3) is 0 Å². The van der Waals surface area contributed by atoms with Crippen LogP contribution >= 0.6 is 0 Å². The fourth-order valence-corrected chi connectivity index (χ4v) is 2.88. The molecule has 0 aromatic heterocycles. The van der Waals surface area contributed by atoms with Gasteiger partial charge in [-0.2, -0.15) is 0 Å². The number of nitrogens with zero attached hydrogens (tertiary/aromatic N) is 1. The van der Waals surface area contributed by atoms with Crippen LogP contribution in [0.4, 0.5) is 5.69 Å². The summed E-state index contributed by atoms with van der Waals surface area (Å²) in [6.07, 6.45) is 4.37. The highest BCUT2D eigenvalue weighted by Gasteiger charge is 2.14. The second-order valence-electron chi connectivity index (χ2n) is 6.62. The number of anilines is 1. The van der Waals surface area contributed by atoms with Gasteiger partial charge in [0.15, 0.2) is 5.96 Å². The number of amides is 1. The van der Waals surface area contributed by atoms with E-state index in [2.05, 4.69) is 20.9 Å². The molecule has 1 unspecified atom stereocenters. The molecule has 7 heteroatoms. The van der Waals surface area contributed by atoms with Crippen molar-refractivity contribution in [2.75, 3.05) is 45.3 Å². The number of aliphatic imine (C=N–C) groups is 1. The maximum absolute atomic E-state index is 11.0. The molecule has 1 aliphatic rings. The monoisotopic (exact) mass is 376 g/mol. The second-order valence-corrected chi connectivity index (χ2v) is 6.62. The summed E-state index contributed by atoms with van der Waals surface area (Å²) in [7, 11) is 1.77. The van der Waals surface area contributed by atoms with Gasteiger partial charge in [-0.25, -0.2) is 0 Å². The number of rotatable bonds is 10. The SMILES string of the molecule is CN=C(NCCCOCC1CCCO1)NCCc1ccc(NC(C)=O)cc1. The molecule has 7 nitrogen and oxygen atoms in total. The summed E-state index contributed by atoms with van der Waals surface area (Å²) in [4.78, 5) is 15.3. The lowest BCUT2D eigenvalue weighted by Gasteiger charge is -2.13. The van der Waals surface area contributed by atoms with Crippen molar-refractivity contribution in [3.05, 3.63) is 29.8 Å². The smallest absolute Gasteiger partial charge is 0.221 e. The summed E-state index contributed by atoms with van der Waals surface area (Å²) in [5.74, 6) is 0.737. The normalized spacial score (nSPS) is 17.0. The zero-order valence-corrected chi connectivity index (χ0v) is 16.4. The Morgan fingerprint density at radius 2 is 2.04 bits per heavy atom. The molecule has 1 aromatic carbocycles. The highest BCUT2D eigenvalue weighted by molar-refractivity contribution is 5.88. The lowest BCUT2D eigenvalue weighted by molar-refractivity contribution is -0.114. The highest BCUT2D eigenvalue weighted by atomic mass is 16.5. The van der Waals surface area contributed by atoms with E-state index >= 15 is 0 Å². The van der Waals surface area contributed by atoms with Gasteiger partial charge in [0.1, 0.15) is 0 Å². The first-order valence-electron chi connectivity index (χ1n) is 9.68. The van der Waals surface area contributed by atoms with Gasteiger partial charge >= 0.3 is 0 Å². The topological polar surface area (TPSA) is 84.0 Å². The predicted octanol–water partition coefficient (Wildman–Crippen LogP) is 1.94. The molecule has 1 fully saturated rings. The van der Waals surface area contributed by atoms with Gasteiger partial charge in [-0.1, -0.05) is 12.1 Å². The number of benzene rings is 1. The fourth-order valence-electron chi connectivity index (χ4n) is 2.88. The molecular formula is C20H32N4O3. The second kappa shape index (κ2) is 12.3. The third-order valence-corrected chi connectivity index (χ3v) is 4.29. The van der Waals surface area contributed by atoms with Gasteiger partial charge in [0.25, 0.3) is 0 Å². The van der Waals surface area contributed by atoms with Crippen LogP contribution in [-0.4, -0.2) is 57.9 Å². The molecular weight excluding hydrogens is 344 g/mol. The summed E-state index contributed by atoms with van der Waals surface area (Å²) < 4.78 is 11.2. The molecule has 1 aliphatic heterocycles. The number of guanidine groups is 1. The van der Waals surface area contributed by atoms with Crippen LogP contribution in [0.1, 0.15) is 31.7 Å². The Morgan fingerprint density at radius 1 is 1.26 bits per heavy atom. The quantitative estimate of drug-likeness (QED) is 0.330. The first-order chi connectivity index (χ1) is 13.2. The number of carbonyl (C=O) groups excluding carboxylic acids is 1. The van der Waals surface area contributed by atoms with Crippen LogP contribution in [-0.2, 0) is 20.7 Å². The van der Waals surface area contributed by atoms with E-state index in [1.807, 2.05) is 24.3 Å². The molecule has 3 N–H and O–H groups in total. The minimum absolute atomic E-state index is 0.0587. The zero-order chi connectivity index (χ0) is 19.3. The van der Waals surface area contributed by atoms with E-state index in [0.29, 0.717) is 12.7 Å². The molecule has 0 spiro atoms. The first-order valence-corrected chi connectivity index (χ1v) is 9.68. The van der Waals surface area contributed by atoms with Crippen molar-refractivity contribution in [1.29, 1.82) is 0 Å². The Kier molecular flexibility index (Phi) is 9.65. The minimum Gasteiger partial charge on any atom is -0.379 e. The van der Waals surface area contributed by atoms with Crippen LogP contribution in [0.5, 0.6) is 0 Å². The van der Waals surface area contributed by atoms with E-state index < -0.39 is 0 Å². The van der Waals surface area contributed by atoms with E-state index in [1.165, 1.54) is 12.5 Å². The van der Waals surface area contributed by atoms with Crippen molar-refractivity contribution >= 4 is 17.6 Å². The van der Waals surface area contributed by atoms with Gasteiger partial charge in [-0.3, -0.25) is 9.79 Å². The van der Waals surface area contributed by atoms with E-state index in [-0.39, 0.29) is 5.91 Å². The van der Waals surface area contributed by atoms with Crippen molar-refractivity contribution in [3.63, 3.8) is 0 Å². The molecule has 0 saturated carbocycles. The van der Waals surface area contributed by atoms with Crippen LogP contribution in [0, 0.1) is 0 Å². The summed E-state index contributed by atoms with van der Waals surface area (Å²) in [6, 6.07) is 7.88. The van der Waals surface area contributed by atoms with Crippen molar-refractivity contribution < 1.29 is 14.3 Å². The molecule has 1 aromatic rings. The Balaban J connectivity index is 1.53. The summed E-state index contributed by atoms with van der Waals surface area (Å²) >= 11 is 0. The van der Waals surface area contributed by atoms with Crippen molar-refractivity contribution in [1.82, 2.24) is 10.6 Å². The van der Waals surface area contributed by atoms with Crippen molar-refractivity contribution in [2.45, 2.75) is 38.7 Å². The van der Waals surface area contributed by atoms with E-state index in [1.54, 1.807) is 7.05 Å². The van der Waals surface area contributed by atoms with E-state index in [9.17, 15) is 4.79 Å². The molecule has 0 bridgehead atoms. The van der Waals surface area contributed by atoms with Crippen LogP contribution < -0.4 is 16.0 Å². The number of nitrogens with one attached hydrogen (secondary N) is 3. The van der Waals surface area contributed by atoms with Gasteiger partial charge in [0.05, 0.1) is 12.7 Å². The third kappa shape index (κ3) is 8.88. The molecule has 0 aliphatic carbocycles. The Bertz CT molecular complexity index is 583. The zero-order valence-electron chi connectivity index (χ0n) is 16.4. The van der Waals surface area contributed by atoms with E-state index in [4.69, 9.17) is 9.47 Å². The van der Waals surface area contributed by atoms with E-state index in [0.717, 1.165) is 63.6 Å². The largest absolute Gasteiger partial charge is 0.379 e. The van der Waals surface area contributed by atoms with Gasteiger partial charge in [0.2, 0.25) is 5.91 Å². The van der Waals surface area contributed by atoms with Gasteiger partial charge < -0.3 is 25.4 Å². The number of ether oxygens (including phenoxy) is 2. The average molecular weight is 377 g/mol. The molecule has 1 amide bonds. The molecule has 1 heterocycles. The molecule has 1 atom stereocenters. The third-order valence-electron chi connectivity index (χ3n) is 4.29.